The minimum atomic E-state index is -0.0718. The first-order valence-electron chi connectivity index (χ1n) is 4.87. The van der Waals surface area contributed by atoms with Crippen molar-refractivity contribution in [3.8, 4) is 0 Å². The molecule has 0 spiro atoms. The van der Waals surface area contributed by atoms with Gasteiger partial charge in [0.15, 0.2) is 0 Å². The summed E-state index contributed by atoms with van der Waals surface area (Å²) in [5.74, 6) is -0.112. The summed E-state index contributed by atoms with van der Waals surface area (Å²) in [5, 5.41) is 4.61. The van der Waals surface area contributed by atoms with Gasteiger partial charge in [0.2, 0.25) is 5.91 Å². The maximum Gasteiger partial charge on any atom is 0.264 e. The van der Waals surface area contributed by atoms with Crippen LogP contribution in [0.2, 0.25) is 0 Å². The third-order valence-electron chi connectivity index (χ3n) is 2.28. The molecule has 0 aliphatic carbocycles. The van der Waals surface area contributed by atoms with Crippen LogP contribution < -0.4 is 5.32 Å². The smallest absolute Gasteiger partial charge is 0.264 e. The SMILES string of the molecule is O=C1CN(C(=O)c2cccs2)CCCN1. The fraction of sp³-hybridized carbons (Fsp3) is 0.400. The Morgan fingerprint density at radius 1 is 1.53 bits per heavy atom. The topological polar surface area (TPSA) is 49.4 Å². The van der Waals surface area contributed by atoms with Crippen LogP contribution in [-0.4, -0.2) is 36.3 Å². The van der Waals surface area contributed by atoms with Crippen molar-refractivity contribution in [2.24, 2.45) is 0 Å². The van der Waals surface area contributed by atoms with Crippen LogP contribution in [0.1, 0.15) is 16.1 Å². The standard InChI is InChI=1S/C10H12N2O2S/c13-9-7-12(5-2-4-11-9)10(14)8-3-1-6-15-8/h1,3,6H,2,4-5,7H2,(H,11,13). The normalized spacial score (nSPS) is 17.1. The summed E-state index contributed by atoms with van der Waals surface area (Å²) >= 11 is 1.41. The summed E-state index contributed by atoms with van der Waals surface area (Å²) in [5.41, 5.74) is 0. The number of carbonyl (C=O) groups is 2. The molecule has 1 aromatic heterocycles. The van der Waals surface area contributed by atoms with Gasteiger partial charge in [-0.15, -0.1) is 11.3 Å². The van der Waals surface area contributed by atoms with E-state index in [-0.39, 0.29) is 18.4 Å². The second-order valence-electron chi connectivity index (χ2n) is 3.41. The molecule has 2 rings (SSSR count). The molecular formula is C10H12N2O2S. The molecule has 1 aliphatic rings. The predicted octanol–water partition coefficient (Wildman–Crippen LogP) is 0.710. The highest BCUT2D eigenvalue weighted by molar-refractivity contribution is 7.12. The number of thiophene rings is 1. The fourth-order valence-electron chi connectivity index (χ4n) is 1.54. The van der Waals surface area contributed by atoms with Gasteiger partial charge in [-0.2, -0.15) is 0 Å². The van der Waals surface area contributed by atoms with Crippen LogP contribution in [0.5, 0.6) is 0 Å². The van der Waals surface area contributed by atoms with Gasteiger partial charge in [-0.3, -0.25) is 9.59 Å². The monoisotopic (exact) mass is 224 g/mol. The van der Waals surface area contributed by atoms with Crippen LogP contribution in [0.25, 0.3) is 0 Å². The molecule has 0 atom stereocenters. The van der Waals surface area contributed by atoms with Gasteiger partial charge in [-0.25, -0.2) is 0 Å². The summed E-state index contributed by atoms with van der Waals surface area (Å²) in [6, 6.07) is 3.63. The van der Waals surface area contributed by atoms with Gasteiger partial charge in [-0.1, -0.05) is 6.07 Å². The number of rotatable bonds is 1. The van der Waals surface area contributed by atoms with Crippen molar-refractivity contribution in [3.05, 3.63) is 22.4 Å². The molecule has 15 heavy (non-hydrogen) atoms. The van der Waals surface area contributed by atoms with E-state index in [1.807, 2.05) is 11.4 Å². The number of hydrogen-bond donors (Lipinski definition) is 1. The first kappa shape index (κ1) is 10.2. The third kappa shape index (κ3) is 2.36. The molecule has 1 N–H and O–H groups in total. The number of amides is 2. The van der Waals surface area contributed by atoms with E-state index in [2.05, 4.69) is 5.32 Å². The zero-order chi connectivity index (χ0) is 10.7. The number of hydrogen-bond acceptors (Lipinski definition) is 3. The Kier molecular flexibility index (Phi) is 3.01. The zero-order valence-electron chi connectivity index (χ0n) is 8.23. The molecule has 2 amide bonds. The van der Waals surface area contributed by atoms with E-state index in [9.17, 15) is 9.59 Å². The molecule has 0 saturated carbocycles. The molecule has 0 radical (unpaired) electrons. The predicted molar refractivity (Wildman–Crippen MR) is 57.8 cm³/mol. The van der Waals surface area contributed by atoms with Crippen LogP contribution in [-0.2, 0) is 4.79 Å². The van der Waals surface area contributed by atoms with E-state index in [0.29, 0.717) is 18.0 Å². The quantitative estimate of drug-likeness (QED) is 0.763. The highest BCUT2D eigenvalue weighted by Gasteiger charge is 2.21. The first-order chi connectivity index (χ1) is 7.27. The molecular weight excluding hydrogens is 212 g/mol. The number of nitrogens with one attached hydrogen (secondary N) is 1. The lowest BCUT2D eigenvalue weighted by Crippen LogP contribution is -2.37. The van der Waals surface area contributed by atoms with E-state index in [4.69, 9.17) is 0 Å². The van der Waals surface area contributed by atoms with Crippen LogP contribution in [0, 0.1) is 0 Å². The largest absolute Gasteiger partial charge is 0.354 e. The summed E-state index contributed by atoms with van der Waals surface area (Å²) < 4.78 is 0. The molecule has 0 unspecified atom stereocenters. The molecule has 0 bridgehead atoms. The molecule has 0 aromatic carbocycles. The average Bonchev–Trinajstić information content (AvgIpc) is 2.67. The third-order valence-corrected chi connectivity index (χ3v) is 3.14. The Morgan fingerprint density at radius 3 is 3.13 bits per heavy atom. The van der Waals surface area contributed by atoms with Crippen LogP contribution in [0.3, 0.4) is 0 Å². The van der Waals surface area contributed by atoms with E-state index in [1.165, 1.54) is 11.3 Å². The van der Waals surface area contributed by atoms with Gasteiger partial charge in [0, 0.05) is 13.1 Å². The highest BCUT2D eigenvalue weighted by atomic mass is 32.1. The Labute approximate surface area is 91.9 Å². The molecule has 1 aliphatic heterocycles. The van der Waals surface area contributed by atoms with Gasteiger partial charge in [0.25, 0.3) is 5.91 Å². The van der Waals surface area contributed by atoms with Crippen molar-refractivity contribution in [2.75, 3.05) is 19.6 Å². The van der Waals surface area contributed by atoms with Gasteiger partial charge < -0.3 is 10.2 Å². The second-order valence-corrected chi connectivity index (χ2v) is 4.36. The summed E-state index contributed by atoms with van der Waals surface area (Å²) in [4.78, 5) is 25.5. The minimum absolute atomic E-state index is 0.0398. The van der Waals surface area contributed by atoms with E-state index < -0.39 is 0 Å². The zero-order valence-corrected chi connectivity index (χ0v) is 9.05. The number of nitrogens with zero attached hydrogens (tertiary/aromatic N) is 1. The Morgan fingerprint density at radius 2 is 2.40 bits per heavy atom. The second kappa shape index (κ2) is 4.44. The maximum absolute atomic E-state index is 11.9. The van der Waals surface area contributed by atoms with Gasteiger partial charge in [0.05, 0.1) is 11.4 Å². The van der Waals surface area contributed by atoms with Crippen molar-refractivity contribution in [2.45, 2.75) is 6.42 Å². The molecule has 1 aromatic rings. The minimum Gasteiger partial charge on any atom is -0.354 e. The van der Waals surface area contributed by atoms with Crippen LogP contribution in [0.4, 0.5) is 0 Å². The number of carbonyl (C=O) groups excluding carboxylic acids is 2. The molecule has 1 fully saturated rings. The average molecular weight is 224 g/mol. The molecule has 2 heterocycles. The molecule has 5 heteroatoms. The van der Waals surface area contributed by atoms with Crippen molar-refractivity contribution >= 4 is 23.2 Å². The molecule has 1 saturated heterocycles. The molecule has 4 nitrogen and oxygen atoms in total. The lowest BCUT2D eigenvalue weighted by Gasteiger charge is -2.17. The Hall–Kier alpha value is -1.36. The van der Waals surface area contributed by atoms with E-state index >= 15 is 0 Å². The fourth-order valence-corrected chi connectivity index (χ4v) is 2.23. The van der Waals surface area contributed by atoms with E-state index in [0.717, 1.165) is 6.42 Å². The van der Waals surface area contributed by atoms with E-state index in [1.54, 1.807) is 11.0 Å². The van der Waals surface area contributed by atoms with Crippen molar-refractivity contribution < 1.29 is 9.59 Å². The highest BCUT2D eigenvalue weighted by Crippen LogP contribution is 2.12. The summed E-state index contributed by atoms with van der Waals surface area (Å²) in [6.07, 6.45) is 0.822. The lowest BCUT2D eigenvalue weighted by molar-refractivity contribution is -0.121. The summed E-state index contributed by atoms with van der Waals surface area (Å²) in [6.45, 7) is 1.49. The van der Waals surface area contributed by atoms with Gasteiger partial charge in [-0.05, 0) is 17.9 Å². The van der Waals surface area contributed by atoms with Crippen LogP contribution in [0.15, 0.2) is 17.5 Å². The van der Waals surface area contributed by atoms with Gasteiger partial charge >= 0.3 is 0 Å². The van der Waals surface area contributed by atoms with Crippen molar-refractivity contribution in [1.29, 1.82) is 0 Å². The summed E-state index contributed by atoms with van der Waals surface area (Å²) in [7, 11) is 0. The lowest BCUT2D eigenvalue weighted by atomic mass is 10.3. The maximum atomic E-state index is 11.9. The first-order valence-corrected chi connectivity index (χ1v) is 5.75. The van der Waals surface area contributed by atoms with Crippen LogP contribution >= 0.6 is 11.3 Å². The molecule has 80 valence electrons. The Bertz CT molecular complexity index is 362. The van der Waals surface area contributed by atoms with Crippen molar-refractivity contribution in [3.63, 3.8) is 0 Å². The van der Waals surface area contributed by atoms with Gasteiger partial charge in [0.1, 0.15) is 0 Å². The Balaban J connectivity index is 2.09. The van der Waals surface area contributed by atoms with Crippen molar-refractivity contribution in [1.82, 2.24) is 10.2 Å².